The Morgan fingerprint density at radius 1 is 1.15 bits per heavy atom. The van der Waals surface area contributed by atoms with Crippen molar-refractivity contribution in [2.75, 3.05) is 7.11 Å². The topological polar surface area (TPSA) is 29.9 Å². The average molecular weight is 292 g/mol. The lowest BCUT2D eigenvalue weighted by atomic mass is 10.2. The first-order chi connectivity index (χ1) is 9.60. The lowest BCUT2D eigenvalue weighted by Crippen LogP contribution is -1.99. The van der Waals surface area contributed by atoms with E-state index in [1.807, 2.05) is 0 Å². The lowest BCUT2D eigenvalue weighted by Gasteiger charge is -2.07. The van der Waals surface area contributed by atoms with Crippen LogP contribution in [0.4, 0.5) is 8.78 Å². The molecule has 102 valence electrons. The Hall–Kier alpha value is -2.21. The smallest absolute Gasteiger partial charge is 0.182 e. The molecule has 2 aromatic carbocycles. The fraction of sp³-hybridized carbons (Fsp3) is 0.0714. The summed E-state index contributed by atoms with van der Waals surface area (Å²) in [6.07, 6.45) is 0. The molecule has 20 heavy (non-hydrogen) atoms. The van der Waals surface area contributed by atoms with Gasteiger partial charge >= 0.3 is 0 Å². The highest BCUT2D eigenvalue weighted by atomic mass is 32.1. The SMILES string of the molecule is COc1ccc2[nH]c(=S)n(-c3cc(F)ccc3F)c2c1. The average Bonchev–Trinajstić information content (AvgIpc) is 2.76. The molecule has 0 aliphatic heterocycles. The molecule has 3 rings (SSSR count). The van der Waals surface area contributed by atoms with Crippen molar-refractivity contribution in [3.63, 3.8) is 0 Å². The van der Waals surface area contributed by atoms with Gasteiger partial charge in [0.15, 0.2) is 4.77 Å². The first kappa shape index (κ1) is 12.8. The van der Waals surface area contributed by atoms with E-state index in [1.54, 1.807) is 18.2 Å². The van der Waals surface area contributed by atoms with Crippen LogP contribution in [0.15, 0.2) is 36.4 Å². The van der Waals surface area contributed by atoms with Crippen LogP contribution in [-0.2, 0) is 0 Å². The Bertz CT molecular complexity index is 854. The monoisotopic (exact) mass is 292 g/mol. The van der Waals surface area contributed by atoms with Crippen LogP contribution in [0.3, 0.4) is 0 Å². The maximum absolute atomic E-state index is 13.9. The number of methoxy groups -OCH3 is 1. The number of hydrogen-bond donors (Lipinski definition) is 1. The van der Waals surface area contributed by atoms with Crippen molar-refractivity contribution in [3.8, 4) is 11.4 Å². The molecule has 0 amide bonds. The molecule has 6 heteroatoms. The van der Waals surface area contributed by atoms with Crippen LogP contribution >= 0.6 is 12.2 Å². The lowest BCUT2D eigenvalue weighted by molar-refractivity contribution is 0.415. The van der Waals surface area contributed by atoms with Gasteiger partial charge in [-0.3, -0.25) is 4.57 Å². The van der Waals surface area contributed by atoms with Crippen LogP contribution in [-0.4, -0.2) is 16.7 Å². The van der Waals surface area contributed by atoms with Crippen LogP contribution in [0.5, 0.6) is 5.75 Å². The minimum Gasteiger partial charge on any atom is -0.497 e. The Morgan fingerprint density at radius 2 is 1.95 bits per heavy atom. The van der Waals surface area contributed by atoms with Crippen molar-refractivity contribution in [2.45, 2.75) is 0 Å². The minimum absolute atomic E-state index is 0.0644. The summed E-state index contributed by atoms with van der Waals surface area (Å²) in [7, 11) is 1.54. The van der Waals surface area contributed by atoms with E-state index in [1.165, 1.54) is 11.7 Å². The van der Waals surface area contributed by atoms with E-state index in [9.17, 15) is 8.78 Å². The number of benzene rings is 2. The maximum atomic E-state index is 13.9. The van der Waals surface area contributed by atoms with Crippen molar-refractivity contribution < 1.29 is 13.5 Å². The first-order valence-corrected chi connectivity index (χ1v) is 6.25. The van der Waals surface area contributed by atoms with Crippen LogP contribution < -0.4 is 4.74 Å². The number of H-pyrrole nitrogens is 1. The number of halogens is 2. The number of rotatable bonds is 2. The molecule has 3 nitrogen and oxygen atoms in total. The van der Waals surface area contributed by atoms with E-state index < -0.39 is 11.6 Å². The van der Waals surface area contributed by atoms with Gasteiger partial charge in [0.25, 0.3) is 0 Å². The molecular weight excluding hydrogens is 282 g/mol. The summed E-state index contributed by atoms with van der Waals surface area (Å²) in [5.74, 6) is -0.469. The number of hydrogen-bond acceptors (Lipinski definition) is 2. The molecule has 0 spiro atoms. The molecule has 1 aromatic heterocycles. The molecule has 0 aliphatic rings. The van der Waals surface area contributed by atoms with Gasteiger partial charge in [-0.1, -0.05) is 0 Å². The van der Waals surface area contributed by atoms with E-state index in [4.69, 9.17) is 17.0 Å². The van der Waals surface area contributed by atoms with E-state index in [0.717, 1.165) is 23.7 Å². The van der Waals surface area contributed by atoms with Crippen molar-refractivity contribution >= 4 is 23.3 Å². The first-order valence-electron chi connectivity index (χ1n) is 5.84. The molecule has 0 fully saturated rings. The Labute approximate surface area is 118 Å². The zero-order valence-corrected chi connectivity index (χ0v) is 11.3. The Kier molecular flexibility index (Phi) is 3.02. The van der Waals surface area contributed by atoms with Crippen molar-refractivity contribution in [2.24, 2.45) is 0 Å². The molecule has 0 aliphatic carbocycles. The predicted octanol–water partition coefficient (Wildman–Crippen LogP) is 3.97. The summed E-state index contributed by atoms with van der Waals surface area (Å²) in [6, 6.07) is 8.50. The summed E-state index contributed by atoms with van der Waals surface area (Å²) in [4.78, 5) is 2.96. The number of ether oxygens (including phenoxy) is 1. The minimum atomic E-state index is -0.550. The molecule has 0 unspecified atom stereocenters. The van der Waals surface area contributed by atoms with E-state index in [2.05, 4.69) is 4.98 Å². The highest BCUT2D eigenvalue weighted by molar-refractivity contribution is 7.71. The molecule has 0 saturated carbocycles. The third-order valence-corrected chi connectivity index (χ3v) is 3.32. The highest BCUT2D eigenvalue weighted by Crippen LogP contribution is 2.25. The van der Waals surface area contributed by atoms with Crippen LogP contribution in [0.1, 0.15) is 0 Å². The van der Waals surface area contributed by atoms with Gasteiger partial charge in [-0.05, 0) is 36.5 Å². The summed E-state index contributed by atoms with van der Waals surface area (Å²) in [5.41, 5.74) is 1.41. The van der Waals surface area contributed by atoms with Gasteiger partial charge < -0.3 is 9.72 Å². The van der Waals surface area contributed by atoms with Gasteiger partial charge in [-0.25, -0.2) is 8.78 Å². The van der Waals surface area contributed by atoms with Gasteiger partial charge in [-0.2, -0.15) is 0 Å². The van der Waals surface area contributed by atoms with Crippen molar-refractivity contribution in [1.82, 2.24) is 9.55 Å². The Morgan fingerprint density at radius 3 is 2.70 bits per heavy atom. The molecular formula is C14H10F2N2OS. The summed E-state index contributed by atoms with van der Waals surface area (Å²) in [5, 5.41) is 0. The van der Waals surface area contributed by atoms with Crippen molar-refractivity contribution in [1.29, 1.82) is 0 Å². The molecule has 0 radical (unpaired) electrons. The number of nitrogens with zero attached hydrogens (tertiary/aromatic N) is 1. The molecule has 0 bridgehead atoms. The quantitative estimate of drug-likeness (QED) is 0.724. The summed E-state index contributed by atoms with van der Waals surface area (Å²) in [6.45, 7) is 0. The zero-order valence-electron chi connectivity index (χ0n) is 10.5. The fourth-order valence-electron chi connectivity index (χ4n) is 2.11. The van der Waals surface area contributed by atoms with Gasteiger partial charge in [0.2, 0.25) is 0 Å². The van der Waals surface area contributed by atoms with Crippen LogP contribution in [0.25, 0.3) is 16.7 Å². The second kappa shape index (κ2) is 4.72. The molecule has 1 N–H and O–H groups in total. The van der Waals surface area contributed by atoms with Gasteiger partial charge in [0, 0.05) is 12.1 Å². The summed E-state index contributed by atoms with van der Waals surface area (Å²) >= 11 is 5.19. The van der Waals surface area contributed by atoms with E-state index in [-0.39, 0.29) is 10.5 Å². The van der Waals surface area contributed by atoms with Crippen molar-refractivity contribution in [3.05, 3.63) is 52.8 Å². The third-order valence-electron chi connectivity index (χ3n) is 3.04. The zero-order chi connectivity index (χ0) is 14.3. The number of nitrogens with one attached hydrogen (secondary N) is 1. The third kappa shape index (κ3) is 1.98. The number of imidazole rings is 1. The van der Waals surface area contributed by atoms with Crippen LogP contribution in [0, 0.1) is 16.4 Å². The maximum Gasteiger partial charge on any atom is 0.182 e. The Balaban J connectivity index is 2.37. The van der Waals surface area contributed by atoms with Crippen LogP contribution in [0.2, 0.25) is 0 Å². The largest absolute Gasteiger partial charge is 0.497 e. The second-order valence-corrected chi connectivity index (χ2v) is 4.63. The molecule has 0 atom stereocenters. The van der Waals surface area contributed by atoms with Gasteiger partial charge in [-0.15, -0.1) is 0 Å². The number of aromatic amines is 1. The molecule has 0 saturated heterocycles. The normalized spacial score (nSPS) is 10.9. The molecule has 3 aromatic rings. The number of fused-ring (bicyclic) bond motifs is 1. The van der Waals surface area contributed by atoms with Gasteiger partial charge in [0.1, 0.15) is 17.4 Å². The molecule has 1 heterocycles. The van der Waals surface area contributed by atoms with Gasteiger partial charge in [0.05, 0.1) is 23.8 Å². The summed E-state index contributed by atoms with van der Waals surface area (Å²) < 4.78 is 34.2. The fourth-order valence-corrected chi connectivity index (χ4v) is 2.41. The standard InChI is InChI=1S/C14H10F2N2OS/c1-19-9-3-5-11-13(7-9)18(14(20)17-11)12-6-8(15)2-4-10(12)16/h2-7H,1H3,(H,17,20). The number of aromatic nitrogens is 2. The second-order valence-electron chi connectivity index (χ2n) is 4.24. The predicted molar refractivity (Wildman–Crippen MR) is 74.9 cm³/mol. The highest BCUT2D eigenvalue weighted by Gasteiger charge is 2.12. The van der Waals surface area contributed by atoms with E-state index >= 15 is 0 Å². The van der Waals surface area contributed by atoms with E-state index in [0.29, 0.717) is 11.3 Å².